The summed E-state index contributed by atoms with van der Waals surface area (Å²) >= 11 is 7.15. The second-order valence-corrected chi connectivity index (χ2v) is 10.5. The van der Waals surface area contributed by atoms with E-state index in [4.69, 9.17) is 16.3 Å². The molecule has 3 fully saturated rings. The molecule has 1 atom stereocenters. The monoisotopic (exact) mass is 487 g/mol. The Hall–Kier alpha value is -2.42. The molecule has 3 aliphatic rings. The van der Waals surface area contributed by atoms with Crippen LogP contribution in [0.1, 0.15) is 46.8 Å². The quantitative estimate of drug-likeness (QED) is 0.672. The van der Waals surface area contributed by atoms with Crippen molar-refractivity contribution in [1.82, 2.24) is 5.32 Å². The van der Waals surface area contributed by atoms with Gasteiger partial charge in [0, 0.05) is 43.3 Å². The van der Waals surface area contributed by atoms with Crippen LogP contribution in [0, 0.1) is 5.92 Å². The van der Waals surface area contributed by atoms with Crippen LogP contribution in [0.15, 0.2) is 30.3 Å². The highest BCUT2D eigenvalue weighted by Gasteiger charge is 2.34. The summed E-state index contributed by atoms with van der Waals surface area (Å²) in [5, 5.41) is 2.93. The average Bonchev–Trinajstić information content (AvgIpc) is 3.51. The smallest absolute Gasteiger partial charge is 0.261 e. The van der Waals surface area contributed by atoms with Crippen LogP contribution in [0.4, 0.5) is 11.4 Å². The van der Waals surface area contributed by atoms with E-state index in [2.05, 4.69) is 11.4 Å². The number of amides is 3. The second-order valence-electron chi connectivity index (χ2n) is 8.81. The van der Waals surface area contributed by atoms with Crippen molar-refractivity contribution in [2.75, 3.05) is 42.6 Å². The standard InChI is InChI=1S/C24H26ClN3O4S/c25-21-6-5-20(33-21)24(31)26-13-15-11-23(30)28(14-15)17-3-4-19(18(12-17)16-1-2-16)27-8-10-32-9-7-22(27)29/h3-6,12,15-16H,1-2,7-11,13-14H2,(H,26,31)/t15-/m0/s1. The number of hydrogen-bond donors (Lipinski definition) is 1. The van der Waals surface area contributed by atoms with Gasteiger partial charge in [0.25, 0.3) is 5.91 Å². The third-order valence-corrected chi connectivity index (χ3v) is 7.63. The maximum atomic E-state index is 12.8. The van der Waals surface area contributed by atoms with Crippen LogP contribution in [-0.2, 0) is 14.3 Å². The summed E-state index contributed by atoms with van der Waals surface area (Å²) in [5.74, 6) is 0.460. The molecule has 3 heterocycles. The molecule has 0 bridgehead atoms. The number of carbonyl (C=O) groups excluding carboxylic acids is 3. The van der Waals surface area contributed by atoms with Gasteiger partial charge in [-0.15, -0.1) is 11.3 Å². The van der Waals surface area contributed by atoms with Crippen LogP contribution in [-0.4, -0.2) is 50.6 Å². The Morgan fingerprint density at radius 3 is 2.73 bits per heavy atom. The highest BCUT2D eigenvalue weighted by molar-refractivity contribution is 7.18. The number of nitrogens with one attached hydrogen (secondary N) is 1. The van der Waals surface area contributed by atoms with Gasteiger partial charge in [0.15, 0.2) is 0 Å². The molecule has 33 heavy (non-hydrogen) atoms. The van der Waals surface area contributed by atoms with Crippen molar-refractivity contribution in [2.24, 2.45) is 5.92 Å². The fourth-order valence-corrected chi connectivity index (χ4v) is 5.50. The SMILES string of the molecule is O=C(NC[C@@H]1CC(=O)N(c2ccc(N3CCOCCC3=O)c(C3CC3)c2)C1)c1ccc(Cl)s1. The zero-order valence-corrected chi connectivity index (χ0v) is 19.8. The molecule has 5 rings (SSSR count). The van der Waals surface area contributed by atoms with Gasteiger partial charge < -0.3 is 19.9 Å². The zero-order chi connectivity index (χ0) is 22.9. The van der Waals surface area contributed by atoms with Gasteiger partial charge in [-0.05, 0) is 54.7 Å². The highest BCUT2D eigenvalue weighted by atomic mass is 35.5. The predicted molar refractivity (Wildman–Crippen MR) is 128 cm³/mol. The van der Waals surface area contributed by atoms with Gasteiger partial charge in [0.05, 0.1) is 28.8 Å². The molecule has 1 saturated carbocycles. The number of nitrogens with zero attached hydrogens (tertiary/aromatic N) is 2. The summed E-state index contributed by atoms with van der Waals surface area (Å²) in [6, 6.07) is 9.41. The van der Waals surface area contributed by atoms with Crippen molar-refractivity contribution in [1.29, 1.82) is 0 Å². The molecule has 0 unspecified atom stereocenters. The number of anilines is 2. The van der Waals surface area contributed by atoms with Crippen LogP contribution < -0.4 is 15.1 Å². The Bertz CT molecular complexity index is 1080. The number of thiophene rings is 1. The van der Waals surface area contributed by atoms with E-state index in [1.807, 2.05) is 21.9 Å². The fraction of sp³-hybridized carbons (Fsp3) is 0.458. The van der Waals surface area contributed by atoms with Crippen LogP contribution in [0.5, 0.6) is 0 Å². The van der Waals surface area contributed by atoms with E-state index in [1.54, 1.807) is 12.1 Å². The first-order valence-electron chi connectivity index (χ1n) is 11.4. The Morgan fingerprint density at radius 1 is 1.12 bits per heavy atom. The van der Waals surface area contributed by atoms with E-state index in [0.717, 1.165) is 29.8 Å². The molecular weight excluding hydrogens is 462 g/mol. The highest BCUT2D eigenvalue weighted by Crippen LogP contribution is 2.46. The normalized spacial score (nSPS) is 21.4. The lowest BCUT2D eigenvalue weighted by molar-refractivity contribution is -0.119. The van der Waals surface area contributed by atoms with E-state index >= 15 is 0 Å². The maximum absolute atomic E-state index is 12.8. The topological polar surface area (TPSA) is 79.0 Å². The van der Waals surface area contributed by atoms with Gasteiger partial charge in [-0.1, -0.05) is 11.6 Å². The van der Waals surface area contributed by atoms with Gasteiger partial charge in [-0.25, -0.2) is 0 Å². The molecule has 174 valence electrons. The minimum absolute atomic E-state index is 0.0465. The molecule has 1 aromatic carbocycles. The van der Waals surface area contributed by atoms with Crippen molar-refractivity contribution in [3.8, 4) is 0 Å². The zero-order valence-electron chi connectivity index (χ0n) is 18.2. The van der Waals surface area contributed by atoms with Gasteiger partial charge in [0.2, 0.25) is 11.8 Å². The number of benzene rings is 1. The number of ether oxygens (including phenoxy) is 1. The van der Waals surface area contributed by atoms with E-state index in [9.17, 15) is 14.4 Å². The second kappa shape index (κ2) is 9.44. The summed E-state index contributed by atoms with van der Waals surface area (Å²) in [4.78, 5) is 41.9. The molecule has 2 saturated heterocycles. The van der Waals surface area contributed by atoms with Crippen molar-refractivity contribution in [3.05, 3.63) is 45.1 Å². The minimum atomic E-state index is -0.163. The van der Waals surface area contributed by atoms with Crippen LogP contribution in [0.2, 0.25) is 4.34 Å². The first-order chi connectivity index (χ1) is 16.0. The lowest BCUT2D eigenvalue weighted by atomic mass is 10.0. The van der Waals surface area contributed by atoms with Crippen molar-refractivity contribution in [3.63, 3.8) is 0 Å². The molecule has 0 spiro atoms. The Kier molecular flexibility index (Phi) is 6.40. The Morgan fingerprint density at radius 2 is 1.97 bits per heavy atom. The molecule has 3 amide bonds. The molecule has 2 aromatic rings. The summed E-state index contributed by atoms with van der Waals surface area (Å²) < 4.78 is 6.06. The van der Waals surface area contributed by atoms with Gasteiger partial charge in [-0.2, -0.15) is 0 Å². The number of rotatable bonds is 6. The number of carbonyl (C=O) groups is 3. The number of halogens is 1. The first kappa shape index (κ1) is 22.4. The molecule has 1 aliphatic carbocycles. The molecule has 0 radical (unpaired) electrons. The van der Waals surface area contributed by atoms with Crippen LogP contribution >= 0.6 is 22.9 Å². The van der Waals surface area contributed by atoms with Gasteiger partial charge >= 0.3 is 0 Å². The van der Waals surface area contributed by atoms with Crippen LogP contribution in [0.3, 0.4) is 0 Å². The van der Waals surface area contributed by atoms with E-state index < -0.39 is 0 Å². The Labute approximate surface area is 201 Å². The minimum Gasteiger partial charge on any atom is -0.379 e. The lowest BCUT2D eigenvalue weighted by Crippen LogP contribution is -2.33. The predicted octanol–water partition coefficient (Wildman–Crippen LogP) is 3.82. The summed E-state index contributed by atoms with van der Waals surface area (Å²) in [7, 11) is 0. The Balaban J connectivity index is 1.29. The van der Waals surface area contributed by atoms with Crippen molar-refractivity contribution >= 4 is 52.0 Å². The molecule has 9 heteroatoms. The third-order valence-electron chi connectivity index (χ3n) is 6.40. The third kappa shape index (κ3) is 4.93. The van der Waals surface area contributed by atoms with E-state index in [-0.39, 0.29) is 23.6 Å². The van der Waals surface area contributed by atoms with Crippen molar-refractivity contribution in [2.45, 2.75) is 31.6 Å². The maximum Gasteiger partial charge on any atom is 0.261 e. The fourth-order valence-electron chi connectivity index (χ4n) is 4.54. The van der Waals surface area contributed by atoms with Gasteiger partial charge in [-0.3, -0.25) is 14.4 Å². The first-order valence-corrected chi connectivity index (χ1v) is 12.5. The lowest BCUT2D eigenvalue weighted by Gasteiger charge is -2.25. The van der Waals surface area contributed by atoms with E-state index in [1.165, 1.54) is 11.3 Å². The summed E-state index contributed by atoms with van der Waals surface area (Å²) in [5.41, 5.74) is 2.95. The number of hydrogen-bond acceptors (Lipinski definition) is 5. The van der Waals surface area contributed by atoms with E-state index in [0.29, 0.717) is 60.8 Å². The largest absolute Gasteiger partial charge is 0.379 e. The molecule has 1 aromatic heterocycles. The molecule has 7 nitrogen and oxygen atoms in total. The molecule has 1 N–H and O–H groups in total. The van der Waals surface area contributed by atoms with Gasteiger partial charge in [0.1, 0.15) is 0 Å². The molecule has 2 aliphatic heterocycles. The summed E-state index contributed by atoms with van der Waals surface area (Å²) in [6.07, 6.45) is 2.99. The average molecular weight is 488 g/mol. The summed E-state index contributed by atoms with van der Waals surface area (Å²) in [6.45, 7) is 2.55. The molecular formula is C24H26ClN3O4S. The van der Waals surface area contributed by atoms with Crippen molar-refractivity contribution < 1.29 is 19.1 Å². The van der Waals surface area contributed by atoms with Crippen LogP contribution in [0.25, 0.3) is 0 Å².